The van der Waals surface area contributed by atoms with Crippen LogP contribution in [0.3, 0.4) is 0 Å². The first-order valence-corrected chi connectivity index (χ1v) is 8.86. The van der Waals surface area contributed by atoms with Crippen molar-refractivity contribution in [2.45, 2.75) is 44.4 Å². The van der Waals surface area contributed by atoms with Crippen LogP contribution in [0.15, 0.2) is 30.3 Å². The molecule has 2 fully saturated rings. The predicted molar refractivity (Wildman–Crippen MR) is 90.4 cm³/mol. The molecule has 3 atom stereocenters. The van der Waals surface area contributed by atoms with Crippen LogP contribution in [0.2, 0.25) is 0 Å². The molecule has 0 N–H and O–H groups in total. The summed E-state index contributed by atoms with van der Waals surface area (Å²) in [6, 6.07) is 9.81. The Morgan fingerprint density at radius 3 is 2.80 bits per heavy atom. The number of hydroxylamine groups is 2. The quantitative estimate of drug-likeness (QED) is 0.556. The van der Waals surface area contributed by atoms with Gasteiger partial charge in [-0.05, 0) is 18.4 Å². The van der Waals surface area contributed by atoms with E-state index in [0.717, 1.165) is 31.4 Å². The topological polar surface area (TPSA) is 65.1 Å². The van der Waals surface area contributed by atoms with Gasteiger partial charge < -0.3 is 9.47 Å². The van der Waals surface area contributed by atoms with E-state index in [1.54, 1.807) is 5.06 Å². The van der Waals surface area contributed by atoms with Crippen LogP contribution in [0.25, 0.3) is 0 Å². The number of Topliss-reactive ketones (excluding diaryl/α,β-unsaturated/α-hetero) is 1. The lowest BCUT2D eigenvalue weighted by Gasteiger charge is -2.29. The zero-order valence-electron chi connectivity index (χ0n) is 14.6. The molecule has 6 nitrogen and oxygen atoms in total. The SMILES string of the molecule is COC(=O)[C@H]1ON2CCCC[C@@H]2[C@@H]1C(=O)CCOCc1ccccc1. The second-order valence-electron chi connectivity index (χ2n) is 6.53. The molecular weight excluding hydrogens is 322 g/mol. The van der Waals surface area contributed by atoms with E-state index in [0.29, 0.717) is 13.2 Å². The molecule has 0 spiro atoms. The van der Waals surface area contributed by atoms with Crippen LogP contribution >= 0.6 is 0 Å². The summed E-state index contributed by atoms with van der Waals surface area (Å²) in [4.78, 5) is 30.5. The number of benzene rings is 1. The number of piperidine rings is 1. The molecule has 0 aromatic heterocycles. The minimum absolute atomic E-state index is 0.0119. The Morgan fingerprint density at radius 1 is 1.24 bits per heavy atom. The van der Waals surface area contributed by atoms with Crippen LogP contribution < -0.4 is 0 Å². The molecule has 0 radical (unpaired) electrons. The molecule has 6 heteroatoms. The fourth-order valence-corrected chi connectivity index (χ4v) is 3.63. The summed E-state index contributed by atoms with van der Waals surface area (Å²) in [5.74, 6) is -0.927. The molecule has 2 aliphatic rings. The molecule has 0 aliphatic carbocycles. The summed E-state index contributed by atoms with van der Waals surface area (Å²) < 4.78 is 10.4. The van der Waals surface area contributed by atoms with Gasteiger partial charge in [0.15, 0.2) is 6.10 Å². The van der Waals surface area contributed by atoms with Gasteiger partial charge in [-0.15, -0.1) is 0 Å². The minimum atomic E-state index is -0.824. The highest BCUT2D eigenvalue weighted by molar-refractivity contribution is 5.89. The van der Waals surface area contributed by atoms with Gasteiger partial charge in [0, 0.05) is 19.0 Å². The van der Waals surface area contributed by atoms with Gasteiger partial charge in [-0.1, -0.05) is 36.8 Å². The van der Waals surface area contributed by atoms with Gasteiger partial charge in [0.2, 0.25) is 0 Å². The molecule has 1 aromatic rings. The highest BCUT2D eigenvalue weighted by atomic mass is 16.7. The maximum Gasteiger partial charge on any atom is 0.337 e. The maximum atomic E-state index is 12.7. The van der Waals surface area contributed by atoms with Crippen LogP contribution in [-0.4, -0.2) is 49.2 Å². The van der Waals surface area contributed by atoms with Crippen molar-refractivity contribution in [2.24, 2.45) is 5.92 Å². The summed E-state index contributed by atoms with van der Waals surface area (Å²) in [6.07, 6.45) is 2.39. The fraction of sp³-hybridized carbons (Fsp3) is 0.579. The first-order valence-electron chi connectivity index (χ1n) is 8.86. The second kappa shape index (κ2) is 8.56. The highest BCUT2D eigenvalue weighted by Crippen LogP contribution is 2.35. The van der Waals surface area contributed by atoms with Gasteiger partial charge in [-0.25, -0.2) is 4.79 Å². The Bertz CT molecular complexity index is 591. The third-order valence-corrected chi connectivity index (χ3v) is 4.90. The number of rotatable bonds is 7. The van der Waals surface area contributed by atoms with Crippen molar-refractivity contribution >= 4 is 11.8 Å². The van der Waals surface area contributed by atoms with Gasteiger partial charge in [0.05, 0.1) is 26.2 Å². The average Bonchev–Trinajstić information content (AvgIpc) is 3.05. The number of carbonyl (C=O) groups excluding carboxylic acids is 2. The van der Waals surface area contributed by atoms with Gasteiger partial charge in [0.1, 0.15) is 5.78 Å². The number of hydrogen-bond acceptors (Lipinski definition) is 6. The molecule has 2 heterocycles. The normalized spacial score (nSPS) is 26.2. The Kier molecular flexibility index (Phi) is 6.18. The number of ketones is 1. The van der Waals surface area contributed by atoms with E-state index in [2.05, 4.69) is 0 Å². The number of ether oxygens (including phenoxy) is 2. The molecule has 1 aromatic carbocycles. The van der Waals surface area contributed by atoms with Crippen LogP contribution in [-0.2, 0) is 30.5 Å². The largest absolute Gasteiger partial charge is 0.467 e. The average molecular weight is 347 g/mol. The van der Waals surface area contributed by atoms with Crippen molar-refractivity contribution in [2.75, 3.05) is 20.3 Å². The molecule has 2 aliphatic heterocycles. The van der Waals surface area contributed by atoms with Crippen molar-refractivity contribution in [1.29, 1.82) is 0 Å². The smallest absolute Gasteiger partial charge is 0.337 e. The molecule has 136 valence electrons. The monoisotopic (exact) mass is 347 g/mol. The Balaban J connectivity index is 1.55. The number of methoxy groups -OCH3 is 1. The predicted octanol–water partition coefficient (Wildman–Crippen LogP) is 2.12. The fourth-order valence-electron chi connectivity index (χ4n) is 3.63. The number of hydrogen-bond donors (Lipinski definition) is 0. The van der Waals surface area contributed by atoms with Gasteiger partial charge in [0.25, 0.3) is 0 Å². The molecule has 0 bridgehead atoms. The second-order valence-corrected chi connectivity index (χ2v) is 6.53. The molecule has 25 heavy (non-hydrogen) atoms. The molecule has 0 saturated carbocycles. The standard InChI is InChI=1S/C19H25NO5/c1-23-19(22)18-17(15-9-5-6-11-20(15)25-18)16(21)10-12-24-13-14-7-3-2-4-8-14/h2-4,7-8,15,17-18H,5-6,9-13H2,1H3/t15-,17-,18+/m1/s1. The zero-order valence-corrected chi connectivity index (χ0v) is 14.6. The number of fused-ring (bicyclic) bond motifs is 1. The molecular formula is C19H25NO5. The molecule has 3 rings (SSSR count). The van der Waals surface area contributed by atoms with E-state index in [9.17, 15) is 9.59 Å². The van der Waals surface area contributed by atoms with Crippen LogP contribution in [0, 0.1) is 5.92 Å². The summed E-state index contributed by atoms with van der Waals surface area (Å²) in [7, 11) is 1.33. The van der Waals surface area contributed by atoms with Crippen LogP contribution in [0.5, 0.6) is 0 Å². The first kappa shape index (κ1) is 18.0. The lowest BCUT2D eigenvalue weighted by Crippen LogP contribution is -2.41. The summed E-state index contributed by atoms with van der Waals surface area (Å²) in [5, 5.41) is 1.80. The van der Waals surface area contributed by atoms with Crippen molar-refractivity contribution < 1.29 is 23.9 Å². The highest BCUT2D eigenvalue weighted by Gasteiger charge is 2.51. The van der Waals surface area contributed by atoms with Gasteiger partial charge >= 0.3 is 5.97 Å². The number of nitrogens with zero attached hydrogens (tertiary/aromatic N) is 1. The number of carbonyl (C=O) groups is 2. The van der Waals surface area contributed by atoms with Crippen molar-refractivity contribution in [3.8, 4) is 0 Å². The Hall–Kier alpha value is -1.76. The lowest BCUT2D eigenvalue weighted by atomic mass is 9.85. The van der Waals surface area contributed by atoms with Crippen LogP contribution in [0.4, 0.5) is 0 Å². The Labute approximate surface area is 148 Å². The Morgan fingerprint density at radius 2 is 2.04 bits per heavy atom. The minimum Gasteiger partial charge on any atom is -0.467 e. The van der Waals surface area contributed by atoms with Gasteiger partial charge in [-0.2, -0.15) is 5.06 Å². The van der Waals surface area contributed by atoms with E-state index in [4.69, 9.17) is 14.3 Å². The summed E-state index contributed by atoms with van der Waals surface area (Å²) >= 11 is 0. The summed E-state index contributed by atoms with van der Waals surface area (Å²) in [5.41, 5.74) is 1.07. The third kappa shape index (κ3) is 4.26. The van der Waals surface area contributed by atoms with E-state index in [-0.39, 0.29) is 18.2 Å². The summed E-state index contributed by atoms with van der Waals surface area (Å²) in [6.45, 7) is 1.57. The van der Waals surface area contributed by atoms with Crippen molar-refractivity contribution in [3.05, 3.63) is 35.9 Å². The molecule has 2 saturated heterocycles. The maximum absolute atomic E-state index is 12.7. The van der Waals surface area contributed by atoms with Gasteiger partial charge in [-0.3, -0.25) is 9.63 Å². The van der Waals surface area contributed by atoms with E-state index >= 15 is 0 Å². The molecule has 0 unspecified atom stereocenters. The van der Waals surface area contributed by atoms with Crippen LogP contribution in [0.1, 0.15) is 31.2 Å². The number of esters is 1. The van der Waals surface area contributed by atoms with E-state index < -0.39 is 18.0 Å². The van der Waals surface area contributed by atoms with Crippen molar-refractivity contribution in [1.82, 2.24) is 5.06 Å². The van der Waals surface area contributed by atoms with E-state index in [1.807, 2.05) is 30.3 Å². The van der Waals surface area contributed by atoms with Crippen molar-refractivity contribution in [3.63, 3.8) is 0 Å². The molecule has 0 amide bonds. The third-order valence-electron chi connectivity index (χ3n) is 4.90. The zero-order chi connectivity index (χ0) is 17.6. The lowest BCUT2D eigenvalue weighted by molar-refractivity contribution is -0.192. The van der Waals surface area contributed by atoms with E-state index in [1.165, 1.54) is 7.11 Å². The first-order chi connectivity index (χ1) is 12.2.